The first-order valence-electron chi connectivity index (χ1n) is 6.32. The number of hydrogen-bond acceptors (Lipinski definition) is 4. The second-order valence-electron chi connectivity index (χ2n) is 4.53. The zero-order valence-electron chi connectivity index (χ0n) is 11.5. The van der Waals surface area contributed by atoms with Crippen LogP contribution in [-0.2, 0) is 6.61 Å². The van der Waals surface area contributed by atoms with Crippen molar-refractivity contribution in [2.75, 3.05) is 7.11 Å². The predicted octanol–water partition coefficient (Wildman–Crippen LogP) is 1.26. The smallest absolute Gasteiger partial charge is 0.488 e. The molecule has 4 nitrogen and oxygen atoms in total. The normalized spacial score (nSPS) is 10.2. The molecule has 0 unspecified atom stereocenters. The van der Waals surface area contributed by atoms with Crippen LogP contribution in [0.25, 0.3) is 0 Å². The van der Waals surface area contributed by atoms with Gasteiger partial charge in [0.2, 0.25) is 0 Å². The lowest BCUT2D eigenvalue weighted by Crippen LogP contribution is -2.31. The third-order valence-electron chi connectivity index (χ3n) is 3.08. The lowest BCUT2D eigenvalue weighted by molar-refractivity contribution is 0.306. The fourth-order valence-electron chi connectivity index (χ4n) is 1.92. The SMILES string of the molecule is COc1ccc(COc2ccc(B(O)O)c(C)c2)cc1. The Labute approximate surface area is 118 Å². The van der Waals surface area contributed by atoms with Gasteiger partial charge in [-0.15, -0.1) is 0 Å². The largest absolute Gasteiger partial charge is 0.497 e. The number of hydrogen-bond donors (Lipinski definition) is 2. The Morgan fingerprint density at radius 3 is 2.20 bits per heavy atom. The van der Waals surface area contributed by atoms with E-state index in [1.54, 1.807) is 25.3 Å². The summed E-state index contributed by atoms with van der Waals surface area (Å²) in [7, 11) is 0.177. The number of ether oxygens (including phenoxy) is 2. The molecule has 0 saturated carbocycles. The van der Waals surface area contributed by atoms with E-state index in [0.717, 1.165) is 16.9 Å². The molecule has 0 heterocycles. The van der Waals surface area contributed by atoms with E-state index in [0.29, 0.717) is 17.8 Å². The molecule has 0 spiro atoms. The lowest BCUT2D eigenvalue weighted by atomic mass is 9.77. The highest BCUT2D eigenvalue weighted by Gasteiger charge is 2.13. The minimum Gasteiger partial charge on any atom is -0.497 e. The summed E-state index contributed by atoms with van der Waals surface area (Å²) < 4.78 is 10.8. The summed E-state index contributed by atoms with van der Waals surface area (Å²) >= 11 is 0. The second kappa shape index (κ2) is 6.46. The van der Waals surface area contributed by atoms with E-state index < -0.39 is 7.12 Å². The van der Waals surface area contributed by atoms with E-state index in [-0.39, 0.29) is 0 Å². The predicted molar refractivity (Wildman–Crippen MR) is 78.3 cm³/mol. The zero-order chi connectivity index (χ0) is 14.5. The van der Waals surface area contributed by atoms with E-state index >= 15 is 0 Å². The van der Waals surface area contributed by atoms with Gasteiger partial charge in [-0.2, -0.15) is 0 Å². The average Bonchev–Trinajstić information content (AvgIpc) is 2.45. The summed E-state index contributed by atoms with van der Waals surface area (Å²) in [5.74, 6) is 1.51. The quantitative estimate of drug-likeness (QED) is 0.804. The van der Waals surface area contributed by atoms with Gasteiger partial charge in [0.15, 0.2) is 0 Å². The van der Waals surface area contributed by atoms with Crippen LogP contribution in [0.3, 0.4) is 0 Å². The Morgan fingerprint density at radius 2 is 1.65 bits per heavy atom. The van der Waals surface area contributed by atoms with Gasteiger partial charge < -0.3 is 19.5 Å². The molecule has 2 N–H and O–H groups in total. The standard InChI is InChI=1S/C15H17BO4/c1-11-9-14(7-8-15(11)16(17)18)20-10-12-3-5-13(19-2)6-4-12/h3-9,17-18H,10H2,1-2H3. The Balaban J connectivity index is 2.01. The van der Waals surface area contributed by atoms with Crippen LogP contribution in [0.4, 0.5) is 0 Å². The lowest BCUT2D eigenvalue weighted by Gasteiger charge is -2.10. The maximum absolute atomic E-state index is 9.16. The van der Waals surface area contributed by atoms with Crippen LogP contribution in [0.15, 0.2) is 42.5 Å². The van der Waals surface area contributed by atoms with Crippen LogP contribution >= 0.6 is 0 Å². The Kier molecular flexibility index (Phi) is 4.66. The Morgan fingerprint density at radius 1 is 1.00 bits per heavy atom. The molecule has 104 valence electrons. The van der Waals surface area contributed by atoms with Gasteiger partial charge in [-0.25, -0.2) is 0 Å². The van der Waals surface area contributed by atoms with Gasteiger partial charge in [-0.05, 0) is 47.8 Å². The van der Waals surface area contributed by atoms with Crippen molar-refractivity contribution in [2.45, 2.75) is 13.5 Å². The summed E-state index contributed by atoms with van der Waals surface area (Å²) in [5.41, 5.74) is 2.31. The first-order chi connectivity index (χ1) is 9.60. The zero-order valence-corrected chi connectivity index (χ0v) is 11.5. The van der Waals surface area contributed by atoms with Gasteiger partial charge >= 0.3 is 7.12 Å². The molecular weight excluding hydrogens is 255 g/mol. The Hall–Kier alpha value is -1.98. The Bertz CT molecular complexity index is 567. The van der Waals surface area contributed by atoms with Crippen molar-refractivity contribution in [2.24, 2.45) is 0 Å². The molecule has 0 amide bonds. The maximum Gasteiger partial charge on any atom is 0.488 e. The van der Waals surface area contributed by atoms with Crippen molar-refractivity contribution in [1.29, 1.82) is 0 Å². The highest BCUT2D eigenvalue weighted by molar-refractivity contribution is 6.59. The number of rotatable bonds is 5. The fraction of sp³-hybridized carbons (Fsp3) is 0.200. The molecular formula is C15H17BO4. The van der Waals surface area contributed by atoms with E-state index in [1.165, 1.54) is 0 Å². The summed E-state index contributed by atoms with van der Waals surface area (Å²) in [6, 6.07) is 12.8. The highest BCUT2D eigenvalue weighted by Crippen LogP contribution is 2.16. The van der Waals surface area contributed by atoms with Crippen molar-refractivity contribution in [3.8, 4) is 11.5 Å². The summed E-state index contributed by atoms with van der Waals surface area (Å²) in [6.07, 6.45) is 0. The highest BCUT2D eigenvalue weighted by atomic mass is 16.5. The topological polar surface area (TPSA) is 58.9 Å². The molecule has 5 heteroatoms. The van der Waals surface area contributed by atoms with Crippen molar-refractivity contribution < 1.29 is 19.5 Å². The third kappa shape index (κ3) is 3.53. The van der Waals surface area contributed by atoms with Gasteiger partial charge in [0, 0.05) is 0 Å². The van der Waals surface area contributed by atoms with E-state index in [9.17, 15) is 0 Å². The van der Waals surface area contributed by atoms with Crippen molar-refractivity contribution in [3.05, 3.63) is 53.6 Å². The van der Waals surface area contributed by atoms with Crippen LogP contribution in [0.1, 0.15) is 11.1 Å². The maximum atomic E-state index is 9.16. The van der Waals surface area contributed by atoms with Crippen LogP contribution in [0.2, 0.25) is 0 Å². The average molecular weight is 272 g/mol. The van der Waals surface area contributed by atoms with E-state index in [1.807, 2.05) is 31.2 Å². The van der Waals surface area contributed by atoms with Crippen molar-refractivity contribution in [1.82, 2.24) is 0 Å². The number of aryl methyl sites for hydroxylation is 1. The summed E-state index contributed by atoms with van der Waals surface area (Å²) in [6.45, 7) is 2.26. The van der Waals surface area contributed by atoms with Crippen molar-refractivity contribution >= 4 is 12.6 Å². The van der Waals surface area contributed by atoms with Crippen LogP contribution < -0.4 is 14.9 Å². The molecule has 0 radical (unpaired) electrons. The van der Waals surface area contributed by atoms with Gasteiger partial charge in [-0.1, -0.05) is 18.2 Å². The third-order valence-corrected chi connectivity index (χ3v) is 3.08. The molecule has 20 heavy (non-hydrogen) atoms. The van der Waals surface area contributed by atoms with Gasteiger partial charge in [0.1, 0.15) is 18.1 Å². The number of methoxy groups -OCH3 is 1. The molecule has 2 aromatic carbocycles. The fourth-order valence-corrected chi connectivity index (χ4v) is 1.92. The molecule has 0 aliphatic heterocycles. The molecule has 0 fully saturated rings. The minimum absolute atomic E-state index is 0.449. The first kappa shape index (κ1) is 14.4. The monoisotopic (exact) mass is 272 g/mol. The van der Waals surface area contributed by atoms with Crippen LogP contribution in [-0.4, -0.2) is 24.3 Å². The first-order valence-corrected chi connectivity index (χ1v) is 6.32. The molecule has 0 bridgehead atoms. The van der Waals surface area contributed by atoms with Gasteiger partial charge in [-0.3, -0.25) is 0 Å². The van der Waals surface area contributed by atoms with E-state index in [2.05, 4.69) is 0 Å². The van der Waals surface area contributed by atoms with Crippen LogP contribution in [0, 0.1) is 6.92 Å². The molecule has 0 aromatic heterocycles. The van der Waals surface area contributed by atoms with Gasteiger partial charge in [0.25, 0.3) is 0 Å². The molecule has 0 saturated heterocycles. The summed E-state index contributed by atoms with van der Waals surface area (Å²) in [4.78, 5) is 0. The molecule has 2 aromatic rings. The van der Waals surface area contributed by atoms with E-state index in [4.69, 9.17) is 19.5 Å². The summed E-state index contributed by atoms with van der Waals surface area (Å²) in [5, 5.41) is 18.3. The van der Waals surface area contributed by atoms with Gasteiger partial charge in [0.05, 0.1) is 7.11 Å². The minimum atomic E-state index is -1.45. The van der Waals surface area contributed by atoms with Crippen molar-refractivity contribution in [3.63, 3.8) is 0 Å². The molecule has 0 aliphatic carbocycles. The second-order valence-corrected chi connectivity index (χ2v) is 4.53. The molecule has 0 aliphatic rings. The molecule has 2 rings (SSSR count). The van der Waals surface area contributed by atoms with Crippen LogP contribution in [0.5, 0.6) is 11.5 Å². The molecule has 0 atom stereocenters. The number of benzene rings is 2.